The number of benzene rings is 1. The van der Waals surface area contributed by atoms with E-state index < -0.39 is 0 Å². The van der Waals surface area contributed by atoms with Gasteiger partial charge in [0.05, 0.1) is 0 Å². The van der Waals surface area contributed by atoms with Gasteiger partial charge in [0.25, 0.3) is 5.91 Å². The van der Waals surface area contributed by atoms with E-state index in [4.69, 9.17) is 4.74 Å². The van der Waals surface area contributed by atoms with Crippen molar-refractivity contribution in [2.24, 2.45) is 0 Å². The maximum absolute atomic E-state index is 11.6. The van der Waals surface area contributed by atoms with Gasteiger partial charge in [0.1, 0.15) is 5.75 Å². The van der Waals surface area contributed by atoms with Gasteiger partial charge in [0, 0.05) is 12.6 Å². The van der Waals surface area contributed by atoms with E-state index in [1.54, 1.807) is 0 Å². The molecule has 0 heterocycles. The van der Waals surface area contributed by atoms with Crippen molar-refractivity contribution >= 4 is 5.91 Å². The molecule has 1 rings (SSSR count). The summed E-state index contributed by atoms with van der Waals surface area (Å²) in [5.74, 6) is 1.13. The Morgan fingerprint density at radius 3 is 2.40 bits per heavy atom. The molecule has 0 saturated heterocycles. The molecule has 112 valence electrons. The fourth-order valence-corrected chi connectivity index (χ4v) is 1.84. The number of likely N-dealkylation sites (N-methyl/N-ethyl adjacent to an activating group) is 1. The highest BCUT2D eigenvalue weighted by atomic mass is 16.5. The van der Waals surface area contributed by atoms with E-state index in [0.29, 0.717) is 12.5 Å². The number of carbonyl (C=O) groups is 1. The lowest BCUT2D eigenvalue weighted by atomic mass is 10.0. The van der Waals surface area contributed by atoms with Crippen molar-refractivity contribution in [3.05, 3.63) is 29.8 Å². The fourth-order valence-electron chi connectivity index (χ4n) is 1.84. The molecule has 0 unspecified atom stereocenters. The maximum atomic E-state index is 11.6. The van der Waals surface area contributed by atoms with E-state index in [-0.39, 0.29) is 18.6 Å². The average molecular weight is 278 g/mol. The first-order valence-corrected chi connectivity index (χ1v) is 7.25. The number of hydrogen-bond donors (Lipinski definition) is 2. The van der Waals surface area contributed by atoms with Crippen LogP contribution in [0.15, 0.2) is 24.3 Å². The van der Waals surface area contributed by atoms with Gasteiger partial charge >= 0.3 is 0 Å². The van der Waals surface area contributed by atoms with Gasteiger partial charge in [-0.2, -0.15) is 0 Å². The van der Waals surface area contributed by atoms with E-state index in [1.807, 2.05) is 38.1 Å². The first kappa shape index (κ1) is 16.5. The Balaban J connectivity index is 2.30. The molecule has 0 spiro atoms. The summed E-state index contributed by atoms with van der Waals surface area (Å²) in [7, 11) is 0. The van der Waals surface area contributed by atoms with Crippen LogP contribution in [-0.2, 0) is 4.79 Å². The Bertz CT molecular complexity index is 401. The zero-order valence-corrected chi connectivity index (χ0v) is 12.9. The third kappa shape index (κ3) is 6.06. The molecule has 0 aliphatic carbocycles. The van der Waals surface area contributed by atoms with E-state index in [1.165, 1.54) is 5.56 Å². The molecule has 4 nitrogen and oxygen atoms in total. The molecule has 0 aliphatic rings. The van der Waals surface area contributed by atoms with Crippen LogP contribution in [0.5, 0.6) is 5.75 Å². The predicted molar refractivity (Wildman–Crippen MR) is 82.2 cm³/mol. The van der Waals surface area contributed by atoms with Gasteiger partial charge in [-0.15, -0.1) is 0 Å². The molecule has 0 bridgehead atoms. The molecule has 2 N–H and O–H groups in total. The summed E-state index contributed by atoms with van der Waals surface area (Å²) < 4.78 is 5.46. The minimum absolute atomic E-state index is 0.0554. The third-order valence-corrected chi connectivity index (χ3v) is 3.07. The smallest absolute Gasteiger partial charge is 0.257 e. The highest BCUT2D eigenvalue weighted by molar-refractivity contribution is 5.77. The molecule has 1 amide bonds. The van der Waals surface area contributed by atoms with E-state index in [0.717, 1.165) is 12.3 Å². The van der Waals surface area contributed by atoms with Gasteiger partial charge in [-0.3, -0.25) is 4.79 Å². The van der Waals surface area contributed by atoms with E-state index in [2.05, 4.69) is 24.5 Å². The topological polar surface area (TPSA) is 50.4 Å². The Morgan fingerprint density at radius 1 is 1.20 bits per heavy atom. The largest absolute Gasteiger partial charge is 0.484 e. The second kappa shape index (κ2) is 8.59. The number of amides is 1. The van der Waals surface area contributed by atoms with Crippen LogP contribution in [0.4, 0.5) is 0 Å². The quantitative estimate of drug-likeness (QED) is 0.767. The first-order valence-electron chi connectivity index (χ1n) is 7.25. The zero-order valence-electron chi connectivity index (χ0n) is 12.9. The summed E-state index contributed by atoms with van der Waals surface area (Å²) >= 11 is 0. The number of hydrogen-bond acceptors (Lipinski definition) is 3. The normalized spacial score (nSPS) is 12.2. The maximum Gasteiger partial charge on any atom is 0.257 e. The SMILES string of the molecule is CCN[C@H](C)CNC(=O)COc1ccc(C(C)C)cc1. The summed E-state index contributed by atoms with van der Waals surface area (Å²) in [6.07, 6.45) is 0. The lowest BCUT2D eigenvalue weighted by Gasteiger charge is -2.13. The molecular formula is C16H26N2O2. The Morgan fingerprint density at radius 2 is 1.85 bits per heavy atom. The number of rotatable bonds is 8. The minimum Gasteiger partial charge on any atom is -0.484 e. The van der Waals surface area contributed by atoms with Crippen LogP contribution < -0.4 is 15.4 Å². The van der Waals surface area contributed by atoms with Gasteiger partial charge in [0.2, 0.25) is 0 Å². The van der Waals surface area contributed by atoms with Gasteiger partial charge < -0.3 is 15.4 Å². The molecule has 1 aromatic carbocycles. The monoisotopic (exact) mass is 278 g/mol. The Kier molecular flexibility index (Phi) is 7.09. The van der Waals surface area contributed by atoms with E-state index in [9.17, 15) is 4.79 Å². The lowest BCUT2D eigenvalue weighted by molar-refractivity contribution is -0.123. The summed E-state index contributed by atoms with van der Waals surface area (Å²) in [6.45, 7) is 9.94. The molecule has 0 saturated carbocycles. The number of nitrogens with one attached hydrogen (secondary N) is 2. The van der Waals surface area contributed by atoms with Crippen molar-refractivity contribution in [3.8, 4) is 5.75 Å². The molecule has 0 radical (unpaired) electrons. The molecule has 0 aliphatic heterocycles. The van der Waals surface area contributed by atoms with E-state index >= 15 is 0 Å². The van der Waals surface area contributed by atoms with Gasteiger partial charge in [-0.05, 0) is 37.1 Å². The number of carbonyl (C=O) groups excluding carboxylic acids is 1. The van der Waals surface area contributed by atoms with Crippen LogP contribution in [0.1, 0.15) is 39.2 Å². The van der Waals surface area contributed by atoms with Gasteiger partial charge in [-0.1, -0.05) is 32.9 Å². The van der Waals surface area contributed by atoms with Crippen molar-refractivity contribution in [1.82, 2.24) is 10.6 Å². The first-order chi connectivity index (χ1) is 9.52. The van der Waals surface area contributed by atoms with Crippen molar-refractivity contribution < 1.29 is 9.53 Å². The number of ether oxygens (including phenoxy) is 1. The summed E-state index contributed by atoms with van der Waals surface area (Å²) in [4.78, 5) is 11.6. The van der Waals surface area contributed by atoms with Gasteiger partial charge in [-0.25, -0.2) is 0 Å². The standard InChI is InChI=1S/C16H26N2O2/c1-5-17-13(4)10-18-16(19)11-20-15-8-6-14(7-9-15)12(2)3/h6-9,12-13,17H,5,10-11H2,1-4H3,(H,18,19)/t13-/m1/s1. The summed E-state index contributed by atoms with van der Waals surface area (Å²) in [6, 6.07) is 8.15. The molecule has 4 heteroatoms. The van der Waals surface area contributed by atoms with Crippen LogP contribution in [0.2, 0.25) is 0 Å². The Hall–Kier alpha value is -1.55. The van der Waals surface area contributed by atoms with Crippen LogP contribution >= 0.6 is 0 Å². The fraction of sp³-hybridized carbons (Fsp3) is 0.562. The highest BCUT2D eigenvalue weighted by Gasteiger charge is 2.05. The van der Waals surface area contributed by atoms with Crippen LogP contribution in [0.3, 0.4) is 0 Å². The average Bonchev–Trinajstić information content (AvgIpc) is 2.43. The predicted octanol–water partition coefficient (Wildman–Crippen LogP) is 2.30. The molecule has 1 aromatic rings. The van der Waals surface area contributed by atoms with Crippen molar-refractivity contribution in [2.75, 3.05) is 19.7 Å². The molecular weight excluding hydrogens is 252 g/mol. The molecule has 0 fully saturated rings. The molecule has 1 atom stereocenters. The third-order valence-electron chi connectivity index (χ3n) is 3.07. The van der Waals surface area contributed by atoms with Crippen molar-refractivity contribution in [2.45, 2.75) is 39.7 Å². The highest BCUT2D eigenvalue weighted by Crippen LogP contribution is 2.18. The molecule has 0 aromatic heterocycles. The van der Waals surface area contributed by atoms with Crippen LogP contribution in [0, 0.1) is 0 Å². The second-order valence-corrected chi connectivity index (χ2v) is 5.28. The second-order valence-electron chi connectivity index (χ2n) is 5.28. The Labute approximate surface area is 121 Å². The van der Waals surface area contributed by atoms with Crippen molar-refractivity contribution in [1.29, 1.82) is 0 Å². The minimum atomic E-state index is -0.0947. The summed E-state index contributed by atoms with van der Waals surface area (Å²) in [5.41, 5.74) is 1.27. The lowest BCUT2D eigenvalue weighted by Crippen LogP contribution is -2.40. The molecule has 20 heavy (non-hydrogen) atoms. The van der Waals surface area contributed by atoms with Crippen LogP contribution in [-0.4, -0.2) is 31.6 Å². The van der Waals surface area contributed by atoms with Crippen LogP contribution in [0.25, 0.3) is 0 Å². The van der Waals surface area contributed by atoms with Gasteiger partial charge in [0.15, 0.2) is 6.61 Å². The van der Waals surface area contributed by atoms with Crippen molar-refractivity contribution in [3.63, 3.8) is 0 Å². The summed E-state index contributed by atoms with van der Waals surface area (Å²) in [5, 5.41) is 6.08. The zero-order chi connectivity index (χ0) is 15.0.